The summed E-state index contributed by atoms with van der Waals surface area (Å²) in [6, 6.07) is 6.16. The van der Waals surface area contributed by atoms with Gasteiger partial charge in [-0.1, -0.05) is 25.1 Å². The van der Waals surface area contributed by atoms with Crippen molar-refractivity contribution in [3.8, 4) is 0 Å². The molecule has 30 heavy (non-hydrogen) atoms. The first kappa shape index (κ1) is 19.8. The van der Waals surface area contributed by atoms with Gasteiger partial charge in [0.2, 0.25) is 5.95 Å². The molecule has 1 aromatic carbocycles. The van der Waals surface area contributed by atoms with Gasteiger partial charge in [0.25, 0.3) is 0 Å². The first-order valence-electron chi connectivity index (χ1n) is 11.1. The third kappa shape index (κ3) is 3.58. The number of aromatic nitrogens is 2. The molecule has 1 spiro atoms. The third-order valence-electron chi connectivity index (χ3n) is 7.05. The van der Waals surface area contributed by atoms with Gasteiger partial charge in [0.05, 0.1) is 0 Å². The average Bonchev–Trinajstić information content (AvgIpc) is 2.99. The number of piperidine rings is 1. The molecule has 3 aliphatic heterocycles. The van der Waals surface area contributed by atoms with E-state index >= 15 is 0 Å². The van der Waals surface area contributed by atoms with Crippen LogP contribution in [0.3, 0.4) is 0 Å². The Labute approximate surface area is 184 Å². The SMILES string of the molecule is C=C1Nc2ccc(Cl)cc2C12CCN(CCCc1cnc(N3CC(C)C3)nc1)CC2. The first-order chi connectivity index (χ1) is 14.5. The fourth-order valence-corrected chi connectivity index (χ4v) is 5.38. The van der Waals surface area contributed by atoms with Crippen LogP contribution >= 0.6 is 11.6 Å². The van der Waals surface area contributed by atoms with Crippen molar-refractivity contribution in [2.75, 3.05) is 42.9 Å². The van der Waals surface area contributed by atoms with Crippen molar-refractivity contribution < 1.29 is 0 Å². The zero-order valence-electron chi connectivity index (χ0n) is 17.7. The molecule has 5 rings (SSSR count). The number of hydrogen-bond acceptors (Lipinski definition) is 5. The summed E-state index contributed by atoms with van der Waals surface area (Å²) in [5.74, 6) is 1.64. The predicted octanol–water partition coefficient (Wildman–Crippen LogP) is 4.49. The summed E-state index contributed by atoms with van der Waals surface area (Å²) in [7, 11) is 0. The van der Waals surface area contributed by atoms with E-state index in [1.165, 1.54) is 16.8 Å². The van der Waals surface area contributed by atoms with Gasteiger partial charge in [0.15, 0.2) is 0 Å². The van der Waals surface area contributed by atoms with Crippen LogP contribution < -0.4 is 10.2 Å². The van der Waals surface area contributed by atoms with Crippen LogP contribution in [-0.2, 0) is 11.8 Å². The molecule has 6 heteroatoms. The van der Waals surface area contributed by atoms with Crippen molar-refractivity contribution in [3.05, 3.63) is 59.0 Å². The maximum atomic E-state index is 6.29. The largest absolute Gasteiger partial charge is 0.358 e. The summed E-state index contributed by atoms with van der Waals surface area (Å²) in [6.07, 6.45) is 8.37. The van der Waals surface area contributed by atoms with Crippen molar-refractivity contribution in [3.63, 3.8) is 0 Å². The Morgan fingerprint density at radius 2 is 1.93 bits per heavy atom. The van der Waals surface area contributed by atoms with Gasteiger partial charge in [-0.05, 0) is 80.6 Å². The molecule has 0 amide bonds. The molecular formula is C24H30ClN5. The zero-order valence-corrected chi connectivity index (χ0v) is 18.5. The lowest BCUT2D eigenvalue weighted by molar-refractivity contribution is 0.179. The van der Waals surface area contributed by atoms with Gasteiger partial charge in [-0.15, -0.1) is 0 Å². The first-order valence-corrected chi connectivity index (χ1v) is 11.5. The Hall–Kier alpha value is -2.11. The van der Waals surface area contributed by atoms with E-state index in [0.29, 0.717) is 0 Å². The summed E-state index contributed by atoms with van der Waals surface area (Å²) >= 11 is 6.29. The Bertz CT molecular complexity index is 927. The Balaban J connectivity index is 1.12. The molecule has 0 unspecified atom stereocenters. The Morgan fingerprint density at radius 1 is 1.20 bits per heavy atom. The monoisotopic (exact) mass is 423 g/mol. The number of nitrogens with one attached hydrogen (secondary N) is 1. The normalized spacial score (nSPS) is 20.9. The number of benzene rings is 1. The van der Waals surface area contributed by atoms with Gasteiger partial charge >= 0.3 is 0 Å². The molecule has 2 fully saturated rings. The molecule has 2 saturated heterocycles. The van der Waals surface area contributed by atoms with Gasteiger partial charge in [-0.2, -0.15) is 0 Å². The minimum absolute atomic E-state index is 0.0365. The molecule has 0 bridgehead atoms. The molecule has 0 atom stereocenters. The standard InChI is InChI=1S/C24H30ClN5/c1-17-15-30(16-17)23-26-13-19(14-27-23)4-3-9-29-10-7-24(8-11-29)18(2)28-22-6-5-20(25)12-21(22)24/h5-6,12-14,17,28H,2-4,7-11,15-16H2,1H3. The van der Waals surface area contributed by atoms with Crippen LogP contribution in [0.2, 0.25) is 5.02 Å². The fraction of sp³-hybridized carbons (Fsp3) is 0.500. The molecule has 0 aliphatic carbocycles. The second-order valence-corrected chi connectivity index (χ2v) is 9.66. The summed E-state index contributed by atoms with van der Waals surface area (Å²) in [4.78, 5) is 13.9. The van der Waals surface area contributed by atoms with E-state index in [-0.39, 0.29) is 5.41 Å². The smallest absolute Gasteiger partial charge is 0.225 e. The molecule has 5 nitrogen and oxygen atoms in total. The van der Waals surface area contributed by atoms with Crippen molar-refractivity contribution in [1.82, 2.24) is 14.9 Å². The minimum atomic E-state index is 0.0365. The number of halogens is 1. The lowest BCUT2D eigenvalue weighted by Gasteiger charge is -2.40. The summed E-state index contributed by atoms with van der Waals surface area (Å²) < 4.78 is 0. The van der Waals surface area contributed by atoms with Gasteiger partial charge in [-0.25, -0.2) is 9.97 Å². The minimum Gasteiger partial charge on any atom is -0.358 e. The van der Waals surface area contributed by atoms with Gasteiger partial charge in [0, 0.05) is 47.3 Å². The number of nitrogens with zero attached hydrogens (tertiary/aromatic N) is 4. The summed E-state index contributed by atoms with van der Waals surface area (Å²) in [5.41, 5.74) is 4.91. The highest BCUT2D eigenvalue weighted by Gasteiger charge is 2.44. The van der Waals surface area contributed by atoms with Crippen LogP contribution in [0.5, 0.6) is 0 Å². The number of hydrogen-bond donors (Lipinski definition) is 1. The van der Waals surface area contributed by atoms with Crippen LogP contribution in [0, 0.1) is 5.92 Å². The highest BCUT2D eigenvalue weighted by atomic mass is 35.5. The second-order valence-electron chi connectivity index (χ2n) is 9.22. The summed E-state index contributed by atoms with van der Waals surface area (Å²) in [6.45, 7) is 12.1. The van der Waals surface area contributed by atoms with Crippen molar-refractivity contribution in [2.45, 2.75) is 38.0 Å². The van der Waals surface area contributed by atoms with Crippen molar-refractivity contribution in [1.29, 1.82) is 0 Å². The van der Waals surface area contributed by atoms with Crippen molar-refractivity contribution in [2.24, 2.45) is 5.92 Å². The molecule has 2 aromatic rings. The molecule has 0 saturated carbocycles. The second kappa shape index (κ2) is 7.86. The highest BCUT2D eigenvalue weighted by Crippen LogP contribution is 2.50. The van der Waals surface area contributed by atoms with E-state index < -0.39 is 0 Å². The predicted molar refractivity (Wildman–Crippen MR) is 123 cm³/mol. The molecular weight excluding hydrogens is 394 g/mol. The fourth-order valence-electron chi connectivity index (χ4n) is 5.21. The number of rotatable bonds is 5. The molecule has 158 valence electrons. The van der Waals surface area contributed by atoms with E-state index in [0.717, 1.165) is 81.0 Å². The quantitative estimate of drug-likeness (QED) is 0.767. The van der Waals surface area contributed by atoms with Crippen LogP contribution in [0.1, 0.15) is 37.3 Å². The van der Waals surface area contributed by atoms with Crippen LogP contribution in [-0.4, -0.2) is 47.6 Å². The molecule has 4 heterocycles. The average molecular weight is 424 g/mol. The van der Waals surface area contributed by atoms with E-state index in [2.05, 4.69) is 50.7 Å². The Kier molecular flexibility index (Phi) is 5.19. The van der Waals surface area contributed by atoms with E-state index in [1.54, 1.807) is 0 Å². The van der Waals surface area contributed by atoms with E-state index in [9.17, 15) is 0 Å². The van der Waals surface area contributed by atoms with Gasteiger partial charge in [-0.3, -0.25) is 0 Å². The maximum Gasteiger partial charge on any atom is 0.225 e. The number of aryl methyl sites for hydroxylation is 1. The van der Waals surface area contributed by atoms with Gasteiger partial charge < -0.3 is 15.1 Å². The highest BCUT2D eigenvalue weighted by molar-refractivity contribution is 6.30. The van der Waals surface area contributed by atoms with Gasteiger partial charge in [0.1, 0.15) is 0 Å². The van der Waals surface area contributed by atoms with E-state index in [4.69, 9.17) is 11.6 Å². The zero-order chi connectivity index (χ0) is 20.7. The van der Waals surface area contributed by atoms with Crippen LogP contribution in [0.15, 0.2) is 42.9 Å². The van der Waals surface area contributed by atoms with E-state index in [1.807, 2.05) is 18.5 Å². The topological polar surface area (TPSA) is 44.3 Å². The number of anilines is 2. The Morgan fingerprint density at radius 3 is 2.63 bits per heavy atom. The molecule has 1 aromatic heterocycles. The van der Waals surface area contributed by atoms with Crippen LogP contribution in [0.25, 0.3) is 0 Å². The number of fused-ring (bicyclic) bond motifs is 2. The lowest BCUT2D eigenvalue weighted by atomic mass is 9.72. The van der Waals surface area contributed by atoms with Crippen LogP contribution in [0.4, 0.5) is 11.6 Å². The number of likely N-dealkylation sites (tertiary alicyclic amines) is 1. The third-order valence-corrected chi connectivity index (χ3v) is 7.28. The summed E-state index contributed by atoms with van der Waals surface area (Å²) in [5, 5.41) is 4.31. The van der Waals surface area contributed by atoms with Crippen molar-refractivity contribution >= 4 is 23.2 Å². The molecule has 0 radical (unpaired) electrons. The molecule has 1 N–H and O–H groups in total. The maximum absolute atomic E-state index is 6.29. The molecule has 3 aliphatic rings. The number of allylic oxidation sites excluding steroid dienone is 1. The lowest BCUT2D eigenvalue weighted by Crippen LogP contribution is -2.46.